The second-order valence-electron chi connectivity index (χ2n) is 3.32. The maximum atomic E-state index is 12.3. The average Bonchev–Trinajstić information content (AvgIpc) is 2.12. The predicted octanol–water partition coefficient (Wildman–Crippen LogP) is 1.94. The normalized spacial score (nSPS) is 39.5. The molecule has 1 heterocycles. The van der Waals surface area contributed by atoms with E-state index in [0.29, 0.717) is 13.0 Å². The van der Waals surface area contributed by atoms with E-state index in [2.05, 4.69) is 5.32 Å². The van der Waals surface area contributed by atoms with E-state index in [-0.39, 0.29) is 5.92 Å². The van der Waals surface area contributed by atoms with Crippen molar-refractivity contribution in [2.24, 2.45) is 5.92 Å². The maximum Gasteiger partial charge on any atom is 0.406 e. The minimum Gasteiger partial charge on any atom is -0.304 e. The summed E-state index contributed by atoms with van der Waals surface area (Å²) in [5, 5.41) is 2.50. The lowest BCUT2D eigenvalue weighted by atomic mass is 9.88. The van der Waals surface area contributed by atoms with Crippen molar-refractivity contribution in [2.45, 2.75) is 32.0 Å². The van der Waals surface area contributed by atoms with Crippen LogP contribution >= 0.6 is 0 Å². The van der Waals surface area contributed by atoms with Crippen LogP contribution in [-0.2, 0) is 0 Å². The summed E-state index contributed by atoms with van der Waals surface area (Å²) in [5.74, 6) is -0.317. The Kier molecular flexibility index (Phi) is 1.90. The Hall–Kier alpha value is -0.250. The third-order valence-electron chi connectivity index (χ3n) is 2.64. The summed E-state index contributed by atoms with van der Waals surface area (Å²) >= 11 is 0. The van der Waals surface area contributed by atoms with Crippen LogP contribution in [0.3, 0.4) is 0 Å². The van der Waals surface area contributed by atoms with Gasteiger partial charge in [0.1, 0.15) is 5.54 Å². The Labute approximate surface area is 64.0 Å². The molecule has 1 aliphatic rings. The minimum atomic E-state index is -4.12. The van der Waals surface area contributed by atoms with Gasteiger partial charge in [-0.1, -0.05) is 6.92 Å². The molecule has 0 aromatic rings. The van der Waals surface area contributed by atoms with Gasteiger partial charge in [0.05, 0.1) is 0 Å². The molecule has 0 saturated carbocycles. The number of alkyl halides is 3. The molecule has 1 rings (SSSR count). The first kappa shape index (κ1) is 8.84. The summed E-state index contributed by atoms with van der Waals surface area (Å²) in [7, 11) is 0. The van der Waals surface area contributed by atoms with Gasteiger partial charge < -0.3 is 5.32 Å². The van der Waals surface area contributed by atoms with E-state index in [1.54, 1.807) is 6.92 Å². The molecule has 4 heteroatoms. The fourth-order valence-corrected chi connectivity index (χ4v) is 1.39. The summed E-state index contributed by atoms with van der Waals surface area (Å²) in [6.45, 7) is 3.33. The number of hydrogen-bond acceptors (Lipinski definition) is 1. The number of rotatable bonds is 0. The number of nitrogens with one attached hydrogen (secondary N) is 1. The van der Waals surface area contributed by atoms with Crippen LogP contribution in [0.1, 0.15) is 20.3 Å². The summed E-state index contributed by atoms with van der Waals surface area (Å²) in [4.78, 5) is 0. The summed E-state index contributed by atoms with van der Waals surface area (Å²) in [6.07, 6.45) is -3.51. The van der Waals surface area contributed by atoms with Gasteiger partial charge in [-0.25, -0.2) is 0 Å². The quantitative estimate of drug-likeness (QED) is 0.581. The highest BCUT2D eigenvalue weighted by Gasteiger charge is 2.56. The molecular formula is C7H12F3N. The van der Waals surface area contributed by atoms with Crippen molar-refractivity contribution < 1.29 is 13.2 Å². The third kappa shape index (κ3) is 1.24. The summed E-state index contributed by atoms with van der Waals surface area (Å²) in [6, 6.07) is 0. The Bertz CT molecular complexity index is 154. The highest BCUT2D eigenvalue weighted by Crippen LogP contribution is 2.40. The standard InChI is InChI=1S/C7H12F3N/c1-5-3-4-11-6(5,2)7(8,9)10/h5,11H,3-4H2,1-2H3/t5-,6-/m1/s1. The van der Waals surface area contributed by atoms with Crippen LogP contribution in [0.2, 0.25) is 0 Å². The van der Waals surface area contributed by atoms with Gasteiger partial charge in [-0.2, -0.15) is 13.2 Å². The zero-order chi connectivity index (χ0) is 8.70. The van der Waals surface area contributed by atoms with E-state index in [0.717, 1.165) is 0 Å². The Morgan fingerprint density at radius 1 is 1.45 bits per heavy atom. The average molecular weight is 167 g/mol. The summed E-state index contributed by atoms with van der Waals surface area (Å²) in [5.41, 5.74) is -1.66. The Balaban J connectivity index is 2.81. The van der Waals surface area contributed by atoms with Crippen LogP contribution < -0.4 is 5.32 Å². The van der Waals surface area contributed by atoms with Crippen LogP contribution in [0.4, 0.5) is 13.2 Å². The van der Waals surface area contributed by atoms with Crippen molar-refractivity contribution in [1.82, 2.24) is 5.32 Å². The van der Waals surface area contributed by atoms with Gasteiger partial charge in [0.2, 0.25) is 0 Å². The Morgan fingerprint density at radius 2 is 2.00 bits per heavy atom. The molecule has 0 spiro atoms. The molecule has 1 aliphatic heterocycles. The largest absolute Gasteiger partial charge is 0.406 e. The summed E-state index contributed by atoms with van der Waals surface area (Å²) < 4.78 is 37.0. The smallest absolute Gasteiger partial charge is 0.304 e. The van der Waals surface area contributed by atoms with Crippen molar-refractivity contribution in [3.8, 4) is 0 Å². The molecule has 1 saturated heterocycles. The van der Waals surface area contributed by atoms with Crippen molar-refractivity contribution >= 4 is 0 Å². The van der Waals surface area contributed by atoms with E-state index < -0.39 is 11.7 Å². The van der Waals surface area contributed by atoms with E-state index in [1.165, 1.54) is 6.92 Å². The third-order valence-corrected chi connectivity index (χ3v) is 2.64. The predicted molar refractivity (Wildman–Crippen MR) is 36.2 cm³/mol. The van der Waals surface area contributed by atoms with E-state index in [9.17, 15) is 13.2 Å². The zero-order valence-corrected chi connectivity index (χ0v) is 6.63. The van der Waals surface area contributed by atoms with Gasteiger partial charge in [-0.05, 0) is 25.8 Å². The van der Waals surface area contributed by atoms with Crippen molar-refractivity contribution in [1.29, 1.82) is 0 Å². The second-order valence-corrected chi connectivity index (χ2v) is 3.32. The van der Waals surface area contributed by atoms with Crippen LogP contribution in [0, 0.1) is 5.92 Å². The molecule has 0 aromatic carbocycles. The van der Waals surface area contributed by atoms with Gasteiger partial charge in [0.15, 0.2) is 0 Å². The first-order valence-electron chi connectivity index (χ1n) is 3.69. The first-order chi connectivity index (χ1) is 4.88. The monoisotopic (exact) mass is 167 g/mol. The molecule has 0 amide bonds. The van der Waals surface area contributed by atoms with E-state index in [4.69, 9.17) is 0 Å². The fourth-order valence-electron chi connectivity index (χ4n) is 1.39. The molecule has 0 unspecified atom stereocenters. The van der Waals surface area contributed by atoms with Crippen LogP contribution in [-0.4, -0.2) is 18.3 Å². The molecule has 66 valence electrons. The molecule has 1 nitrogen and oxygen atoms in total. The second kappa shape index (κ2) is 2.37. The lowest BCUT2D eigenvalue weighted by molar-refractivity contribution is -0.196. The number of halogens is 3. The molecule has 0 aromatic heterocycles. The molecule has 0 bridgehead atoms. The molecule has 1 fully saturated rings. The van der Waals surface area contributed by atoms with Crippen molar-refractivity contribution in [2.75, 3.05) is 6.54 Å². The van der Waals surface area contributed by atoms with Gasteiger partial charge in [0.25, 0.3) is 0 Å². The topological polar surface area (TPSA) is 12.0 Å². The molecule has 0 radical (unpaired) electrons. The molecule has 0 aliphatic carbocycles. The van der Waals surface area contributed by atoms with Crippen LogP contribution in [0.25, 0.3) is 0 Å². The van der Waals surface area contributed by atoms with Crippen molar-refractivity contribution in [3.05, 3.63) is 0 Å². The Morgan fingerprint density at radius 3 is 2.18 bits per heavy atom. The van der Waals surface area contributed by atoms with Gasteiger partial charge in [-0.15, -0.1) is 0 Å². The lowest BCUT2D eigenvalue weighted by Crippen LogP contribution is -2.53. The molecule has 11 heavy (non-hydrogen) atoms. The van der Waals surface area contributed by atoms with Crippen molar-refractivity contribution in [3.63, 3.8) is 0 Å². The fraction of sp³-hybridized carbons (Fsp3) is 1.00. The van der Waals surface area contributed by atoms with E-state index in [1.807, 2.05) is 0 Å². The number of hydrogen-bond donors (Lipinski definition) is 1. The highest BCUT2D eigenvalue weighted by atomic mass is 19.4. The van der Waals surface area contributed by atoms with Crippen LogP contribution in [0.5, 0.6) is 0 Å². The zero-order valence-electron chi connectivity index (χ0n) is 6.63. The SMILES string of the molecule is C[C@@H]1CCN[C@@]1(C)C(F)(F)F. The van der Waals surface area contributed by atoms with Gasteiger partial charge >= 0.3 is 6.18 Å². The van der Waals surface area contributed by atoms with Gasteiger partial charge in [-0.3, -0.25) is 0 Å². The maximum absolute atomic E-state index is 12.3. The minimum absolute atomic E-state index is 0.317. The van der Waals surface area contributed by atoms with E-state index >= 15 is 0 Å². The highest BCUT2D eigenvalue weighted by molar-refractivity contribution is 4.99. The molecular weight excluding hydrogens is 155 g/mol. The lowest BCUT2D eigenvalue weighted by Gasteiger charge is -2.31. The van der Waals surface area contributed by atoms with Crippen LogP contribution in [0.15, 0.2) is 0 Å². The first-order valence-corrected chi connectivity index (χ1v) is 3.69. The molecule has 1 N–H and O–H groups in total. The van der Waals surface area contributed by atoms with Gasteiger partial charge in [0, 0.05) is 0 Å². The molecule has 2 atom stereocenters.